The van der Waals surface area contributed by atoms with Crippen molar-refractivity contribution >= 4 is 6.03 Å². The van der Waals surface area contributed by atoms with Gasteiger partial charge in [0, 0.05) is 45.4 Å². The van der Waals surface area contributed by atoms with Crippen LogP contribution in [0.1, 0.15) is 18.7 Å². The van der Waals surface area contributed by atoms with Crippen molar-refractivity contribution in [2.45, 2.75) is 25.3 Å². The Morgan fingerprint density at radius 3 is 2.72 bits per heavy atom. The molecular formula is C11H16F2N4O. The predicted octanol–water partition coefficient (Wildman–Crippen LogP) is 1.36. The highest BCUT2D eigenvalue weighted by atomic mass is 19.3. The number of aromatic nitrogens is 2. The number of likely N-dealkylation sites (tertiary alicyclic amines) is 1. The van der Waals surface area contributed by atoms with Gasteiger partial charge >= 0.3 is 6.03 Å². The minimum atomic E-state index is -2.63. The lowest BCUT2D eigenvalue weighted by molar-refractivity contribution is -0.0469. The molecule has 18 heavy (non-hydrogen) atoms. The number of imidazole rings is 1. The average molecular weight is 258 g/mol. The Labute approximate surface area is 104 Å². The van der Waals surface area contributed by atoms with Crippen molar-refractivity contribution in [3.63, 3.8) is 0 Å². The van der Waals surface area contributed by atoms with E-state index in [4.69, 9.17) is 0 Å². The van der Waals surface area contributed by atoms with Crippen LogP contribution in [0.25, 0.3) is 0 Å². The molecule has 0 aromatic carbocycles. The molecule has 2 heterocycles. The first-order valence-corrected chi connectivity index (χ1v) is 5.85. The fraction of sp³-hybridized carbons (Fsp3) is 0.636. The number of hydrogen-bond acceptors (Lipinski definition) is 2. The molecule has 100 valence electrons. The van der Waals surface area contributed by atoms with Gasteiger partial charge in [0.05, 0.1) is 6.54 Å². The van der Waals surface area contributed by atoms with Gasteiger partial charge in [-0.05, 0) is 0 Å². The number of hydrogen-bond donors (Lipinski definition) is 1. The van der Waals surface area contributed by atoms with Crippen LogP contribution in [0.15, 0.2) is 12.4 Å². The second-order valence-electron chi connectivity index (χ2n) is 4.46. The third-order valence-electron chi connectivity index (χ3n) is 3.10. The summed E-state index contributed by atoms with van der Waals surface area (Å²) in [5.74, 6) is -1.90. The summed E-state index contributed by atoms with van der Waals surface area (Å²) in [6.07, 6.45) is 2.90. The molecule has 0 unspecified atom stereocenters. The maximum atomic E-state index is 12.9. The quantitative estimate of drug-likeness (QED) is 0.870. The first-order chi connectivity index (χ1) is 8.48. The van der Waals surface area contributed by atoms with Crippen molar-refractivity contribution in [2.24, 2.45) is 7.05 Å². The van der Waals surface area contributed by atoms with Crippen molar-refractivity contribution in [1.82, 2.24) is 19.8 Å². The average Bonchev–Trinajstić information content (AvgIpc) is 2.72. The molecule has 2 rings (SSSR count). The van der Waals surface area contributed by atoms with E-state index in [0.717, 1.165) is 5.82 Å². The highest BCUT2D eigenvalue weighted by Gasteiger charge is 2.35. The number of halogens is 2. The summed E-state index contributed by atoms with van der Waals surface area (Å²) in [5, 5.41) is 2.68. The zero-order valence-electron chi connectivity index (χ0n) is 10.2. The molecular weight excluding hydrogens is 242 g/mol. The van der Waals surface area contributed by atoms with Crippen LogP contribution in [0.5, 0.6) is 0 Å². The van der Waals surface area contributed by atoms with Crippen LogP contribution in [0.4, 0.5) is 13.6 Å². The lowest BCUT2D eigenvalue weighted by Gasteiger charge is -2.31. The van der Waals surface area contributed by atoms with Crippen molar-refractivity contribution < 1.29 is 13.6 Å². The van der Waals surface area contributed by atoms with Crippen molar-refractivity contribution in [2.75, 3.05) is 13.1 Å². The first-order valence-electron chi connectivity index (χ1n) is 5.85. The Balaban J connectivity index is 1.81. The van der Waals surface area contributed by atoms with Gasteiger partial charge in [-0.1, -0.05) is 0 Å². The molecule has 0 atom stereocenters. The van der Waals surface area contributed by atoms with E-state index in [9.17, 15) is 13.6 Å². The molecule has 1 aromatic heterocycles. The van der Waals surface area contributed by atoms with E-state index in [1.165, 1.54) is 4.90 Å². The second kappa shape index (κ2) is 4.91. The van der Waals surface area contributed by atoms with Gasteiger partial charge in [-0.2, -0.15) is 0 Å². The number of nitrogens with one attached hydrogen (secondary N) is 1. The van der Waals surface area contributed by atoms with E-state index < -0.39 is 5.92 Å². The van der Waals surface area contributed by atoms with E-state index in [1.54, 1.807) is 17.0 Å². The largest absolute Gasteiger partial charge is 0.337 e. The highest BCUT2D eigenvalue weighted by molar-refractivity contribution is 5.74. The summed E-state index contributed by atoms with van der Waals surface area (Å²) >= 11 is 0. The van der Waals surface area contributed by atoms with Gasteiger partial charge in [-0.3, -0.25) is 0 Å². The normalized spacial score (nSPS) is 18.7. The van der Waals surface area contributed by atoms with E-state index in [1.807, 2.05) is 7.05 Å². The Bertz CT molecular complexity index is 422. The topological polar surface area (TPSA) is 50.2 Å². The Morgan fingerprint density at radius 2 is 2.17 bits per heavy atom. The molecule has 0 saturated carbocycles. The van der Waals surface area contributed by atoms with E-state index in [-0.39, 0.29) is 32.0 Å². The lowest BCUT2D eigenvalue weighted by Crippen LogP contribution is -2.47. The summed E-state index contributed by atoms with van der Waals surface area (Å²) < 4.78 is 27.7. The number of carbonyl (C=O) groups excluding carboxylic acids is 1. The number of nitrogens with zero attached hydrogens (tertiary/aromatic N) is 3. The second-order valence-corrected chi connectivity index (χ2v) is 4.46. The van der Waals surface area contributed by atoms with Crippen LogP contribution in [-0.4, -0.2) is 39.5 Å². The van der Waals surface area contributed by atoms with Crippen LogP contribution >= 0.6 is 0 Å². The van der Waals surface area contributed by atoms with Crippen LogP contribution < -0.4 is 5.32 Å². The van der Waals surface area contributed by atoms with E-state index >= 15 is 0 Å². The number of piperidine rings is 1. The molecule has 1 fully saturated rings. The maximum absolute atomic E-state index is 12.9. The van der Waals surface area contributed by atoms with Crippen LogP contribution in [0.3, 0.4) is 0 Å². The Kier molecular flexibility index (Phi) is 3.49. The molecule has 1 aliphatic heterocycles. The number of aryl methyl sites for hydroxylation is 1. The minimum absolute atomic E-state index is 0.0966. The molecule has 1 N–H and O–H groups in total. The van der Waals surface area contributed by atoms with Crippen molar-refractivity contribution in [1.29, 1.82) is 0 Å². The van der Waals surface area contributed by atoms with Crippen molar-refractivity contribution in [3.8, 4) is 0 Å². The summed E-state index contributed by atoms with van der Waals surface area (Å²) in [4.78, 5) is 17.2. The SMILES string of the molecule is Cn1ccnc1CNC(=O)N1CCC(F)(F)CC1. The molecule has 0 bridgehead atoms. The zero-order chi connectivity index (χ0) is 13.2. The number of rotatable bonds is 2. The number of carbonyl (C=O) groups is 1. The first kappa shape index (κ1) is 12.8. The molecule has 0 aliphatic carbocycles. The predicted molar refractivity (Wildman–Crippen MR) is 61.2 cm³/mol. The maximum Gasteiger partial charge on any atom is 0.317 e. The number of alkyl halides is 2. The van der Waals surface area contributed by atoms with Gasteiger partial charge < -0.3 is 14.8 Å². The lowest BCUT2D eigenvalue weighted by atomic mass is 10.1. The molecule has 1 aliphatic rings. The van der Waals surface area contributed by atoms with Gasteiger partial charge in [0.1, 0.15) is 5.82 Å². The molecule has 0 spiro atoms. The number of urea groups is 1. The zero-order valence-corrected chi connectivity index (χ0v) is 10.2. The molecule has 1 saturated heterocycles. The highest BCUT2D eigenvalue weighted by Crippen LogP contribution is 2.27. The fourth-order valence-electron chi connectivity index (χ4n) is 1.87. The van der Waals surface area contributed by atoms with Crippen molar-refractivity contribution in [3.05, 3.63) is 18.2 Å². The molecule has 0 radical (unpaired) electrons. The number of amides is 2. The smallest absolute Gasteiger partial charge is 0.317 e. The summed E-state index contributed by atoms with van der Waals surface area (Å²) in [6, 6.07) is -0.312. The third-order valence-corrected chi connectivity index (χ3v) is 3.10. The fourth-order valence-corrected chi connectivity index (χ4v) is 1.87. The van der Waals surface area contributed by atoms with Crippen LogP contribution in [-0.2, 0) is 13.6 Å². The molecule has 1 aromatic rings. The molecule has 2 amide bonds. The summed E-state index contributed by atoms with van der Waals surface area (Å²) in [5.41, 5.74) is 0. The van der Waals surface area contributed by atoms with Gasteiger partial charge in [0.25, 0.3) is 5.92 Å². The van der Waals surface area contributed by atoms with E-state index in [0.29, 0.717) is 6.54 Å². The van der Waals surface area contributed by atoms with E-state index in [2.05, 4.69) is 10.3 Å². The summed E-state index contributed by atoms with van der Waals surface area (Å²) in [7, 11) is 1.83. The molecule has 7 heteroatoms. The Morgan fingerprint density at radius 1 is 1.50 bits per heavy atom. The monoisotopic (exact) mass is 258 g/mol. The Hall–Kier alpha value is -1.66. The van der Waals surface area contributed by atoms with Gasteiger partial charge in [0.15, 0.2) is 0 Å². The third kappa shape index (κ3) is 2.96. The minimum Gasteiger partial charge on any atom is -0.337 e. The summed E-state index contributed by atoms with van der Waals surface area (Å²) in [6.45, 7) is 0.494. The van der Waals surface area contributed by atoms with Crippen LogP contribution in [0.2, 0.25) is 0 Å². The molecule has 5 nitrogen and oxygen atoms in total. The van der Waals surface area contributed by atoms with Gasteiger partial charge in [-0.15, -0.1) is 0 Å². The van der Waals surface area contributed by atoms with Gasteiger partial charge in [0.2, 0.25) is 0 Å². The standard InChI is InChI=1S/C11H16F2N4O/c1-16-7-4-14-9(16)8-15-10(18)17-5-2-11(12,13)3-6-17/h4,7H,2-3,5-6,8H2,1H3,(H,15,18). The van der Waals surface area contributed by atoms with Gasteiger partial charge in [-0.25, -0.2) is 18.6 Å². The van der Waals surface area contributed by atoms with Crippen LogP contribution in [0, 0.1) is 0 Å².